The summed E-state index contributed by atoms with van der Waals surface area (Å²) in [6.07, 6.45) is -4.81. The molecule has 0 atom stereocenters. The van der Waals surface area contributed by atoms with Gasteiger partial charge in [-0.15, -0.1) is 0 Å². The molecule has 174 valence electrons. The summed E-state index contributed by atoms with van der Waals surface area (Å²) in [5.74, 6) is -0.194. The van der Waals surface area contributed by atoms with E-state index in [0.717, 1.165) is 17.7 Å². The summed E-state index contributed by atoms with van der Waals surface area (Å²) in [5, 5.41) is 8.45. The number of hydrogen-bond acceptors (Lipinski definition) is 5. The predicted molar refractivity (Wildman–Crippen MR) is 117 cm³/mol. The maximum atomic E-state index is 13.4. The molecule has 0 bridgehead atoms. The van der Waals surface area contributed by atoms with Crippen LogP contribution >= 0.6 is 0 Å². The van der Waals surface area contributed by atoms with E-state index in [9.17, 15) is 22.8 Å². The van der Waals surface area contributed by atoms with E-state index in [-0.39, 0.29) is 24.4 Å². The van der Waals surface area contributed by atoms with Crippen molar-refractivity contribution >= 4 is 23.2 Å². The Morgan fingerprint density at radius 2 is 1.76 bits per heavy atom. The molecule has 0 aliphatic heterocycles. The Labute approximate surface area is 188 Å². The molecule has 3 rings (SSSR count). The number of halogens is 3. The zero-order chi connectivity index (χ0) is 24.2. The molecule has 0 aliphatic carbocycles. The van der Waals surface area contributed by atoms with Gasteiger partial charge in [-0.05, 0) is 29.7 Å². The van der Waals surface area contributed by atoms with Crippen molar-refractivity contribution in [3.8, 4) is 11.4 Å². The van der Waals surface area contributed by atoms with E-state index in [1.54, 1.807) is 0 Å². The molecule has 2 aromatic carbocycles. The number of hydrogen-bond donors (Lipinski definition) is 2. The SMILES string of the molecule is CC(=O)Nc1ccc(NC(=O)CCc2nc(-c3ccc(C(C)C)cc3)no2)c(C(F)(F)F)c1. The van der Waals surface area contributed by atoms with E-state index in [4.69, 9.17) is 4.52 Å². The molecule has 10 heteroatoms. The molecule has 0 spiro atoms. The molecule has 3 aromatic rings. The van der Waals surface area contributed by atoms with Crippen molar-refractivity contribution in [3.63, 3.8) is 0 Å². The molecule has 1 heterocycles. The Bertz CT molecular complexity index is 1140. The summed E-state index contributed by atoms with van der Waals surface area (Å²) < 4.78 is 45.4. The van der Waals surface area contributed by atoms with Gasteiger partial charge in [-0.25, -0.2) is 0 Å². The highest BCUT2D eigenvalue weighted by Crippen LogP contribution is 2.36. The molecule has 0 unspecified atom stereocenters. The second-order valence-corrected chi connectivity index (χ2v) is 7.78. The normalized spacial score (nSPS) is 11.5. The van der Waals surface area contributed by atoms with E-state index < -0.39 is 29.2 Å². The van der Waals surface area contributed by atoms with Gasteiger partial charge >= 0.3 is 6.18 Å². The molecule has 0 saturated heterocycles. The lowest BCUT2D eigenvalue weighted by Crippen LogP contribution is -2.17. The summed E-state index contributed by atoms with van der Waals surface area (Å²) in [5.41, 5.74) is 0.438. The highest BCUT2D eigenvalue weighted by Gasteiger charge is 2.34. The number of alkyl halides is 3. The van der Waals surface area contributed by atoms with Crippen LogP contribution in [0.5, 0.6) is 0 Å². The molecule has 7 nitrogen and oxygen atoms in total. The Hall–Kier alpha value is -3.69. The largest absolute Gasteiger partial charge is 0.418 e. The number of aryl methyl sites for hydroxylation is 1. The first-order valence-electron chi connectivity index (χ1n) is 10.2. The second kappa shape index (κ2) is 9.85. The average molecular weight is 460 g/mol. The minimum absolute atomic E-state index is 0.0207. The van der Waals surface area contributed by atoms with Gasteiger partial charge < -0.3 is 15.2 Å². The Morgan fingerprint density at radius 3 is 2.36 bits per heavy atom. The van der Waals surface area contributed by atoms with Crippen LogP contribution in [0.1, 0.15) is 50.1 Å². The van der Waals surface area contributed by atoms with E-state index in [1.807, 2.05) is 24.3 Å². The minimum atomic E-state index is -4.72. The van der Waals surface area contributed by atoms with Crippen LogP contribution in [0.3, 0.4) is 0 Å². The highest BCUT2D eigenvalue weighted by atomic mass is 19.4. The average Bonchev–Trinajstić information content (AvgIpc) is 3.21. The van der Waals surface area contributed by atoms with Gasteiger partial charge in [0.15, 0.2) is 0 Å². The molecule has 2 N–H and O–H groups in total. The summed E-state index contributed by atoms with van der Waals surface area (Å²) in [6, 6.07) is 10.8. The minimum Gasteiger partial charge on any atom is -0.339 e. The summed E-state index contributed by atoms with van der Waals surface area (Å²) in [7, 11) is 0. The van der Waals surface area contributed by atoms with Crippen molar-refractivity contribution in [2.24, 2.45) is 0 Å². The smallest absolute Gasteiger partial charge is 0.339 e. The van der Waals surface area contributed by atoms with E-state index in [1.165, 1.54) is 18.6 Å². The Kier molecular flexibility index (Phi) is 7.15. The van der Waals surface area contributed by atoms with Gasteiger partial charge in [-0.2, -0.15) is 18.2 Å². The number of carbonyl (C=O) groups is 2. The third kappa shape index (κ3) is 6.41. The number of anilines is 2. The van der Waals surface area contributed by atoms with Crippen LogP contribution in [0.4, 0.5) is 24.5 Å². The van der Waals surface area contributed by atoms with Crippen LogP contribution in [-0.2, 0) is 22.2 Å². The fourth-order valence-electron chi connectivity index (χ4n) is 3.09. The molecule has 1 aromatic heterocycles. The molecular weight excluding hydrogens is 437 g/mol. The molecule has 33 heavy (non-hydrogen) atoms. The van der Waals surface area contributed by atoms with E-state index in [0.29, 0.717) is 11.7 Å². The van der Waals surface area contributed by atoms with Crippen molar-refractivity contribution in [2.75, 3.05) is 10.6 Å². The third-order valence-corrected chi connectivity index (χ3v) is 4.79. The zero-order valence-electron chi connectivity index (χ0n) is 18.3. The fourth-order valence-corrected chi connectivity index (χ4v) is 3.09. The number of carbonyl (C=O) groups excluding carboxylic acids is 2. The topological polar surface area (TPSA) is 97.1 Å². The molecule has 0 radical (unpaired) electrons. The molecule has 0 saturated carbocycles. The number of benzene rings is 2. The lowest BCUT2D eigenvalue weighted by molar-refractivity contribution is -0.137. The monoisotopic (exact) mass is 460 g/mol. The van der Waals surface area contributed by atoms with Crippen LogP contribution in [-0.4, -0.2) is 22.0 Å². The van der Waals surface area contributed by atoms with Crippen LogP contribution < -0.4 is 10.6 Å². The van der Waals surface area contributed by atoms with Gasteiger partial charge in [0.25, 0.3) is 0 Å². The maximum absolute atomic E-state index is 13.4. The first kappa shape index (κ1) is 24.0. The number of amides is 2. The fraction of sp³-hybridized carbons (Fsp3) is 0.304. The number of rotatable bonds is 7. The van der Waals surface area contributed by atoms with Crippen LogP contribution in [0.25, 0.3) is 11.4 Å². The lowest BCUT2D eigenvalue weighted by atomic mass is 10.0. The molecule has 0 fully saturated rings. The lowest BCUT2D eigenvalue weighted by Gasteiger charge is -2.15. The first-order chi connectivity index (χ1) is 15.5. The second-order valence-electron chi connectivity index (χ2n) is 7.78. The predicted octanol–water partition coefficient (Wildman–Crippen LogP) is 5.41. The zero-order valence-corrected chi connectivity index (χ0v) is 18.3. The maximum Gasteiger partial charge on any atom is 0.418 e. The van der Waals surface area contributed by atoms with Crippen molar-refractivity contribution in [3.05, 3.63) is 59.5 Å². The first-order valence-corrected chi connectivity index (χ1v) is 10.2. The quantitative estimate of drug-likeness (QED) is 0.492. The molecule has 2 amide bonds. The van der Waals surface area contributed by atoms with Gasteiger partial charge in [0.2, 0.25) is 23.5 Å². The summed E-state index contributed by atoms with van der Waals surface area (Å²) in [4.78, 5) is 27.6. The van der Waals surface area contributed by atoms with Crippen molar-refractivity contribution in [1.82, 2.24) is 10.1 Å². The highest BCUT2D eigenvalue weighted by molar-refractivity contribution is 5.93. The van der Waals surface area contributed by atoms with E-state index in [2.05, 4.69) is 34.6 Å². The Balaban J connectivity index is 1.64. The van der Waals surface area contributed by atoms with Crippen LogP contribution in [0.2, 0.25) is 0 Å². The standard InChI is InChI=1S/C23H23F3N4O3/c1-13(2)15-4-6-16(7-5-15)22-29-21(33-30-22)11-10-20(32)28-19-9-8-17(27-14(3)31)12-18(19)23(24,25)26/h4-9,12-13H,10-11H2,1-3H3,(H,27,31)(H,28,32). The van der Waals surface area contributed by atoms with Crippen molar-refractivity contribution < 1.29 is 27.3 Å². The van der Waals surface area contributed by atoms with Gasteiger partial charge in [-0.3, -0.25) is 9.59 Å². The van der Waals surface area contributed by atoms with Gasteiger partial charge in [0.05, 0.1) is 11.3 Å². The van der Waals surface area contributed by atoms with Gasteiger partial charge in [0.1, 0.15) is 0 Å². The number of nitrogens with one attached hydrogen (secondary N) is 2. The number of aromatic nitrogens is 2. The third-order valence-electron chi connectivity index (χ3n) is 4.79. The number of nitrogens with zero attached hydrogens (tertiary/aromatic N) is 2. The van der Waals surface area contributed by atoms with E-state index >= 15 is 0 Å². The van der Waals surface area contributed by atoms with Crippen molar-refractivity contribution in [1.29, 1.82) is 0 Å². The molecule has 0 aliphatic rings. The summed E-state index contributed by atoms with van der Waals surface area (Å²) in [6.45, 7) is 5.36. The Morgan fingerprint density at radius 1 is 1.06 bits per heavy atom. The molecular formula is C23H23F3N4O3. The summed E-state index contributed by atoms with van der Waals surface area (Å²) >= 11 is 0. The van der Waals surface area contributed by atoms with Gasteiger partial charge in [0, 0.05) is 31.0 Å². The van der Waals surface area contributed by atoms with Crippen LogP contribution in [0, 0.1) is 0 Å². The van der Waals surface area contributed by atoms with Crippen LogP contribution in [0.15, 0.2) is 47.0 Å². The van der Waals surface area contributed by atoms with Crippen molar-refractivity contribution in [2.45, 2.75) is 45.7 Å². The van der Waals surface area contributed by atoms with Gasteiger partial charge in [-0.1, -0.05) is 43.3 Å².